The third kappa shape index (κ3) is 5.91. The molecule has 7 nitrogen and oxygen atoms in total. The Morgan fingerprint density at radius 2 is 2.13 bits per heavy atom. The standard InChI is InChI=1S/C14H25N5O2S2/c1-4-15-12-17-18-13(23-12)22-9-11(20)16-10-14(2,3)19-5-7-21-8-6-19/h4-10H2,1-3H3,(H,15,17)(H,16,20). The maximum atomic E-state index is 12.0. The minimum Gasteiger partial charge on any atom is -0.379 e. The molecule has 0 saturated carbocycles. The zero-order chi connectivity index (χ0) is 16.7. The predicted octanol–water partition coefficient (Wildman–Crippen LogP) is 1.29. The number of aromatic nitrogens is 2. The van der Waals surface area contributed by atoms with Gasteiger partial charge in [0.1, 0.15) is 0 Å². The molecule has 1 aliphatic rings. The van der Waals surface area contributed by atoms with Crippen molar-refractivity contribution in [3.63, 3.8) is 0 Å². The first-order valence-corrected chi connectivity index (χ1v) is 9.61. The van der Waals surface area contributed by atoms with E-state index < -0.39 is 0 Å². The molecule has 1 aromatic heterocycles. The molecule has 0 radical (unpaired) electrons. The lowest BCUT2D eigenvalue weighted by Crippen LogP contribution is -2.55. The first-order chi connectivity index (χ1) is 11.0. The molecular weight excluding hydrogens is 334 g/mol. The molecule has 2 N–H and O–H groups in total. The molecule has 1 aliphatic heterocycles. The topological polar surface area (TPSA) is 79.4 Å². The Labute approximate surface area is 145 Å². The van der Waals surface area contributed by atoms with Gasteiger partial charge in [0, 0.05) is 31.7 Å². The van der Waals surface area contributed by atoms with Gasteiger partial charge in [-0.05, 0) is 20.8 Å². The van der Waals surface area contributed by atoms with Crippen molar-refractivity contribution in [2.75, 3.05) is 50.5 Å². The van der Waals surface area contributed by atoms with Gasteiger partial charge in [-0.1, -0.05) is 23.1 Å². The van der Waals surface area contributed by atoms with Gasteiger partial charge in [-0.3, -0.25) is 9.69 Å². The highest BCUT2D eigenvalue weighted by Gasteiger charge is 2.28. The molecule has 2 heterocycles. The predicted molar refractivity (Wildman–Crippen MR) is 94.3 cm³/mol. The minimum absolute atomic E-state index is 0.0246. The lowest BCUT2D eigenvalue weighted by Gasteiger charge is -2.40. The van der Waals surface area contributed by atoms with E-state index in [9.17, 15) is 4.79 Å². The van der Waals surface area contributed by atoms with Crippen LogP contribution >= 0.6 is 23.1 Å². The molecular formula is C14H25N5O2S2. The molecule has 0 bridgehead atoms. The van der Waals surface area contributed by atoms with Crippen molar-refractivity contribution >= 4 is 34.1 Å². The highest BCUT2D eigenvalue weighted by Crippen LogP contribution is 2.25. The van der Waals surface area contributed by atoms with Gasteiger partial charge in [0.15, 0.2) is 4.34 Å². The number of amides is 1. The van der Waals surface area contributed by atoms with E-state index in [2.05, 4.69) is 39.6 Å². The number of hydrogen-bond acceptors (Lipinski definition) is 8. The Kier molecular flexibility index (Phi) is 7.07. The van der Waals surface area contributed by atoms with Gasteiger partial charge in [-0.15, -0.1) is 10.2 Å². The van der Waals surface area contributed by atoms with Crippen LogP contribution in [0, 0.1) is 0 Å². The lowest BCUT2D eigenvalue weighted by atomic mass is 10.0. The second kappa shape index (κ2) is 8.81. The quantitative estimate of drug-likeness (QED) is 0.677. The number of carbonyl (C=O) groups is 1. The summed E-state index contributed by atoms with van der Waals surface area (Å²) in [5.74, 6) is 0.386. The highest BCUT2D eigenvalue weighted by atomic mass is 32.2. The van der Waals surface area contributed by atoms with Crippen molar-refractivity contribution in [1.82, 2.24) is 20.4 Å². The number of morpholine rings is 1. The molecule has 0 unspecified atom stereocenters. The van der Waals surface area contributed by atoms with Crippen LogP contribution in [0.15, 0.2) is 4.34 Å². The molecule has 2 rings (SSSR count). The number of hydrogen-bond donors (Lipinski definition) is 2. The molecule has 1 amide bonds. The average molecular weight is 360 g/mol. The van der Waals surface area contributed by atoms with E-state index in [1.807, 2.05) is 6.92 Å². The SMILES string of the molecule is CCNc1nnc(SCC(=O)NCC(C)(C)N2CCOCC2)s1. The Bertz CT molecular complexity index is 503. The van der Waals surface area contributed by atoms with E-state index in [0.717, 1.165) is 42.3 Å². The maximum Gasteiger partial charge on any atom is 0.230 e. The molecule has 1 aromatic rings. The Morgan fingerprint density at radius 3 is 2.83 bits per heavy atom. The fourth-order valence-corrected chi connectivity index (χ4v) is 3.91. The van der Waals surface area contributed by atoms with E-state index in [4.69, 9.17) is 4.74 Å². The van der Waals surface area contributed by atoms with Crippen LogP contribution in [0.4, 0.5) is 5.13 Å². The molecule has 0 aromatic carbocycles. The van der Waals surface area contributed by atoms with Gasteiger partial charge in [0.05, 0.1) is 19.0 Å². The lowest BCUT2D eigenvalue weighted by molar-refractivity contribution is -0.119. The van der Waals surface area contributed by atoms with Gasteiger partial charge in [-0.25, -0.2) is 0 Å². The summed E-state index contributed by atoms with van der Waals surface area (Å²) in [7, 11) is 0. The van der Waals surface area contributed by atoms with Gasteiger partial charge in [0.25, 0.3) is 0 Å². The third-order valence-electron chi connectivity index (χ3n) is 3.65. The van der Waals surface area contributed by atoms with E-state index in [0.29, 0.717) is 12.3 Å². The molecule has 9 heteroatoms. The van der Waals surface area contributed by atoms with Crippen molar-refractivity contribution in [1.29, 1.82) is 0 Å². The Hall–Kier alpha value is -0.900. The molecule has 1 fully saturated rings. The van der Waals surface area contributed by atoms with Gasteiger partial charge >= 0.3 is 0 Å². The number of carbonyl (C=O) groups excluding carboxylic acids is 1. The Morgan fingerprint density at radius 1 is 1.39 bits per heavy atom. The van der Waals surface area contributed by atoms with Crippen LogP contribution in [0.2, 0.25) is 0 Å². The summed E-state index contributed by atoms with van der Waals surface area (Å²) in [5.41, 5.74) is -0.0644. The largest absolute Gasteiger partial charge is 0.379 e. The number of nitrogens with one attached hydrogen (secondary N) is 2. The first kappa shape index (κ1) is 18.4. The fraction of sp³-hybridized carbons (Fsp3) is 0.786. The van der Waals surface area contributed by atoms with E-state index in [1.54, 1.807) is 0 Å². The number of nitrogens with zero attached hydrogens (tertiary/aromatic N) is 3. The molecule has 1 saturated heterocycles. The van der Waals surface area contributed by atoms with E-state index >= 15 is 0 Å². The third-order valence-corrected chi connectivity index (χ3v) is 5.66. The summed E-state index contributed by atoms with van der Waals surface area (Å²) in [6.07, 6.45) is 0. The molecule has 0 atom stereocenters. The van der Waals surface area contributed by atoms with E-state index in [1.165, 1.54) is 23.1 Å². The van der Waals surface area contributed by atoms with Crippen molar-refractivity contribution < 1.29 is 9.53 Å². The Balaban J connectivity index is 1.71. The van der Waals surface area contributed by atoms with Crippen molar-refractivity contribution in [3.8, 4) is 0 Å². The number of thioether (sulfide) groups is 1. The number of rotatable bonds is 8. The van der Waals surface area contributed by atoms with Crippen LogP contribution in [0.1, 0.15) is 20.8 Å². The summed E-state index contributed by atoms with van der Waals surface area (Å²) >= 11 is 2.89. The normalized spacial score (nSPS) is 16.3. The summed E-state index contributed by atoms with van der Waals surface area (Å²) in [6.45, 7) is 11.1. The number of ether oxygens (including phenoxy) is 1. The smallest absolute Gasteiger partial charge is 0.230 e. The second-order valence-electron chi connectivity index (χ2n) is 5.88. The van der Waals surface area contributed by atoms with Crippen LogP contribution in [-0.2, 0) is 9.53 Å². The highest BCUT2D eigenvalue weighted by molar-refractivity contribution is 8.01. The molecule has 0 aliphatic carbocycles. The van der Waals surface area contributed by atoms with Gasteiger partial charge < -0.3 is 15.4 Å². The van der Waals surface area contributed by atoms with Crippen molar-refractivity contribution in [3.05, 3.63) is 0 Å². The van der Waals surface area contributed by atoms with Crippen LogP contribution < -0.4 is 10.6 Å². The average Bonchev–Trinajstić information content (AvgIpc) is 3.00. The summed E-state index contributed by atoms with van der Waals surface area (Å²) in [5, 5.41) is 15.0. The number of anilines is 1. The molecule has 0 spiro atoms. The zero-order valence-corrected chi connectivity index (χ0v) is 15.6. The van der Waals surface area contributed by atoms with Gasteiger partial charge in [0.2, 0.25) is 11.0 Å². The summed E-state index contributed by atoms with van der Waals surface area (Å²) < 4.78 is 6.19. The summed E-state index contributed by atoms with van der Waals surface area (Å²) in [6, 6.07) is 0. The monoisotopic (exact) mass is 359 g/mol. The second-order valence-corrected chi connectivity index (χ2v) is 8.08. The van der Waals surface area contributed by atoms with Crippen molar-refractivity contribution in [2.45, 2.75) is 30.6 Å². The molecule has 23 heavy (non-hydrogen) atoms. The first-order valence-electron chi connectivity index (χ1n) is 7.81. The van der Waals surface area contributed by atoms with Crippen molar-refractivity contribution in [2.24, 2.45) is 0 Å². The minimum atomic E-state index is -0.0644. The molecule has 130 valence electrons. The zero-order valence-electron chi connectivity index (χ0n) is 13.9. The van der Waals surface area contributed by atoms with Crippen LogP contribution in [0.5, 0.6) is 0 Å². The maximum absolute atomic E-state index is 12.0. The van der Waals surface area contributed by atoms with Crippen LogP contribution in [0.25, 0.3) is 0 Å². The van der Waals surface area contributed by atoms with E-state index in [-0.39, 0.29) is 11.4 Å². The fourth-order valence-electron chi connectivity index (χ4n) is 2.26. The van der Waals surface area contributed by atoms with Crippen LogP contribution in [-0.4, -0.2) is 71.7 Å². The van der Waals surface area contributed by atoms with Crippen LogP contribution in [0.3, 0.4) is 0 Å². The summed E-state index contributed by atoms with van der Waals surface area (Å²) in [4.78, 5) is 14.4. The van der Waals surface area contributed by atoms with Gasteiger partial charge in [-0.2, -0.15) is 0 Å².